The van der Waals surface area contributed by atoms with Crippen LogP contribution in [0.5, 0.6) is 0 Å². The fourth-order valence-electron chi connectivity index (χ4n) is 4.78. The Hall–Kier alpha value is -3.24. The molecule has 4 rings (SSSR count). The highest BCUT2D eigenvalue weighted by atomic mass is 16.5. The number of rotatable bonds is 2. The molecule has 0 amide bonds. The summed E-state index contributed by atoms with van der Waals surface area (Å²) in [5, 5.41) is 18.4. The quantitative estimate of drug-likeness (QED) is 0.558. The number of nitrogens with zero attached hydrogens (tertiary/aromatic N) is 3. The Morgan fingerprint density at radius 1 is 0.968 bits per heavy atom. The van der Waals surface area contributed by atoms with Gasteiger partial charge in [0, 0.05) is 24.4 Å². The molecule has 0 saturated heterocycles. The number of hydrogen-bond acceptors (Lipinski definition) is 4. The lowest BCUT2D eigenvalue weighted by atomic mass is 9.69. The van der Waals surface area contributed by atoms with E-state index in [0.29, 0.717) is 17.1 Å². The average Bonchev–Trinajstić information content (AvgIpc) is 2.71. The van der Waals surface area contributed by atoms with Crippen LogP contribution < -0.4 is 4.90 Å². The van der Waals surface area contributed by atoms with Crippen molar-refractivity contribution in [1.29, 1.82) is 10.5 Å². The maximum atomic E-state index is 9.20. The smallest absolute Gasteiger partial charge is 0.137 e. The molecule has 31 heavy (non-hydrogen) atoms. The van der Waals surface area contributed by atoms with Gasteiger partial charge in [-0.25, -0.2) is 0 Å². The van der Waals surface area contributed by atoms with Gasteiger partial charge in [-0.3, -0.25) is 0 Å². The van der Waals surface area contributed by atoms with Crippen LogP contribution in [0, 0.1) is 22.7 Å². The summed E-state index contributed by atoms with van der Waals surface area (Å²) in [5.74, 6) is 1.29. The molecule has 0 bridgehead atoms. The first-order valence-electron chi connectivity index (χ1n) is 10.9. The highest BCUT2D eigenvalue weighted by Crippen LogP contribution is 2.49. The lowest BCUT2D eigenvalue weighted by Gasteiger charge is -2.48. The first-order valence-corrected chi connectivity index (χ1v) is 10.9. The molecule has 3 aliphatic heterocycles. The van der Waals surface area contributed by atoms with Crippen molar-refractivity contribution < 1.29 is 4.74 Å². The molecule has 0 aromatic heterocycles. The van der Waals surface area contributed by atoms with Gasteiger partial charge in [-0.15, -0.1) is 0 Å². The molecule has 158 valence electrons. The van der Waals surface area contributed by atoms with Crippen molar-refractivity contribution in [3.05, 3.63) is 69.7 Å². The topological polar surface area (TPSA) is 60.0 Å². The van der Waals surface area contributed by atoms with Gasteiger partial charge < -0.3 is 9.64 Å². The molecular weight excluding hydrogens is 382 g/mol. The highest BCUT2D eigenvalue weighted by molar-refractivity contribution is 5.72. The van der Waals surface area contributed by atoms with Crippen molar-refractivity contribution in [3.63, 3.8) is 0 Å². The standard InChI is InChI=1S/C27H29N3O/c1-18-12-20(21(16-28)17-29)15-22(31-18)7-6-19-13-23-25-24(14-19)27(4,5)9-11-30(25)10-8-26(23,2)3/h6-7,12-15H,8-11H2,1-5H3/b7-6+. The fourth-order valence-corrected chi connectivity index (χ4v) is 4.78. The van der Waals surface area contributed by atoms with Crippen molar-refractivity contribution in [2.75, 3.05) is 18.0 Å². The Kier molecular flexibility index (Phi) is 5.06. The highest BCUT2D eigenvalue weighted by Gasteiger charge is 2.39. The predicted molar refractivity (Wildman–Crippen MR) is 124 cm³/mol. The number of benzene rings is 1. The Labute approximate surface area is 185 Å². The van der Waals surface area contributed by atoms with Crippen molar-refractivity contribution in [2.24, 2.45) is 0 Å². The second-order valence-electron chi connectivity index (χ2n) is 10.0. The zero-order valence-corrected chi connectivity index (χ0v) is 19.0. The predicted octanol–water partition coefficient (Wildman–Crippen LogP) is 6.03. The average molecular weight is 412 g/mol. The summed E-state index contributed by atoms with van der Waals surface area (Å²) in [6.07, 6.45) is 9.80. The summed E-state index contributed by atoms with van der Waals surface area (Å²) >= 11 is 0. The van der Waals surface area contributed by atoms with Crippen LogP contribution in [0.15, 0.2) is 53.0 Å². The van der Waals surface area contributed by atoms with Crippen LogP contribution in [-0.4, -0.2) is 13.1 Å². The van der Waals surface area contributed by atoms with Crippen LogP contribution in [0.2, 0.25) is 0 Å². The van der Waals surface area contributed by atoms with Crippen molar-refractivity contribution >= 4 is 11.8 Å². The first kappa shape index (κ1) is 21.0. The van der Waals surface area contributed by atoms with Crippen molar-refractivity contribution in [1.82, 2.24) is 0 Å². The van der Waals surface area contributed by atoms with Gasteiger partial charge in [0.2, 0.25) is 0 Å². The molecular formula is C27H29N3O. The van der Waals surface area contributed by atoms with E-state index in [2.05, 4.69) is 50.8 Å². The van der Waals surface area contributed by atoms with Crippen LogP contribution in [0.3, 0.4) is 0 Å². The number of ether oxygens (including phenoxy) is 1. The Balaban J connectivity index is 1.77. The summed E-state index contributed by atoms with van der Waals surface area (Å²) in [4.78, 5) is 2.57. The minimum Gasteiger partial charge on any atom is -0.462 e. The van der Waals surface area contributed by atoms with Gasteiger partial charge in [-0.05, 0) is 77.6 Å². The lowest BCUT2D eigenvalue weighted by molar-refractivity contribution is 0.318. The first-order chi connectivity index (χ1) is 14.6. The molecule has 0 radical (unpaired) electrons. The SMILES string of the molecule is CC1=CC(=C(C#N)C#N)C=C(/C=C/c2cc3c4c(c2)C(C)(C)CCN4CCC3(C)C)O1. The van der Waals surface area contributed by atoms with Crippen LogP contribution in [0.1, 0.15) is 64.2 Å². The van der Waals surface area contributed by atoms with E-state index in [4.69, 9.17) is 4.74 Å². The zero-order valence-electron chi connectivity index (χ0n) is 19.0. The van der Waals surface area contributed by atoms with Gasteiger partial charge in [-0.2, -0.15) is 10.5 Å². The molecule has 4 nitrogen and oxygen atoms in total. The van der Waals surface area contributed by atoms with Crippen molar-refractivity contribution in [2.45, 2.75) is 58.3 Å². The van der Waals surface area contributed by atoms with Gasteiger partial charge >= 0.3 is 0 Å². The third kappa shape index (κ3) is 3.79. The molecule has 0 spiro atoms. The molecule has 0 atom stereocenters. The summed E-state index contributed by atoms with van der Waals surface area (Å²) in [5.41, 5.74) is 6.41. The van der Waals surface area contributed by atoms with E-state index >= 15 is 0 Å². The largest absolute Gasteiger partial charge is 0.462 e. The van der Waals surface area contributed by atoms with Gasteiger partial charge in [-0.1, -0.05) is 33.8 Å². The number of nitriles is 2. The Morgan fingerprint density at radius 3 is 2.10 bits per heavy atom. The van der Waals surface area contributed by atoms with E-state index in [1.165, 1.54) is 16.8 Å². The van der Waals surface area contributed by atoms with Gasteiger partial charge in [0.15, 0.2) is 0 Å². The maximum absolute atomic E-state index is 9.20. The number of anilines is 1. The second-order valence-corrected chi connectivity index (χ2v) is 10.0. The summed E-state index contributed by atoms with van der Waals surface area (Å²) < 4.78 is 5.83. The lowest BCUT2D eigenvalue weighted by Crippen LogP contribution is -2.44. The van der Waals surface area contributed by atoms with Gasteiger partial charge in [0.1, 0.15) is 29.2 Å². The molecule has 0 fully saturated rings. The normalized spacial score (nSPS) is 20.7. The molecule has 0 saturated carbocycles. The van der Waals surface area contributed by atoms with Crippen LogP contribution in [0.4, 0.5) is 5.69 Å². The van der Waals surface area contributed by atoms with E-state index in [-0.39, 0.29) is 16.4 Å². The van der Waals surface area contributed by atoms with Crippen LogP contribution in [-0.2, 0) is 15.6 Å². The minimum atomic E-state index is 0.0929. The fraction of sp³-hybridized carbons (Fsp3) is 0.407. The molecule has 1 aromatic rings. The summed E-state index contributed by atoms with van der Waals surface area (Å²) in [6, 6.07) is 8.56. The van der Waals surface area contributed by atoms with E-state index in [1.807, 2.05) is 25.1 Å². The molecule has 4 heteroatoms. The van der Waals surface area contributed by atoms with Crippen LogP contribution in [0.25, 0.3) is 6.08 Å². The van der Waals surface area contributed by atoms with E-state index < -0.39 is 0 Å². The third-order valence-corrected chi connectivity index (χ3v) is 6.81. The second kappa shape index (κ2) is 7.47. The third-order valence-electron chi connectivity index (χ3n) is 6.81. The molecule has 3 heterocycles. The summed E-state index contributed by atoms with van der Waals surface area (Å²) in [6.45, 7) is 13.5. The Morgan fingerprint density at radius 2 is 1.55 bits per heavy atom. The van der Waals surface area contributed by atoms with Gasteiger partial charge in [0.05, 0.1) is 0 Å². The molecule has 0 unspecified atom stereocenters. The maximum Gasteiger partial charge on any atom is 0.137 e. The molecule has 1 aromatic carbocycles. The number of hydrogen-bond donors (Lipinski definition) is 0. The zero-order chi connectivity index (χ0) is 22.4. The van der Waals surface area contributed by atoms with E-state index in [1.54, 1.807) is 12.2 Å². The number of allylic oxidation sites excluding steroid dienone is 6. The monoisotopic (exact) mass is 411 g/mol. The van der Waals surface area contributed by atoms with Gasteiger partial charge in [0.25, 0.3) is 0 Å². The molecule has 3 aliphatic rings. The Bertz CT molecular complexity index is 1090. The minimum absolute atomic E-state index is 0.0929. The van der Waals surface area contributed by atoms with Crippen molar-refractivity contribution in [3.8, 4) is 12.1 Å². The summed E-state index contributed by atoms with van der Waals surface area (Å²) in [7, 11) is 0. The van der Waals surface area contributed by atoms with E-state index in [0.717, 1.165) is 31.5 Å². The van der Waals surface area contributed by atoms with E-state index in [9.17, 15) is 10.5 Å². The molecule has 0 aliphatic carbocycles. The van der Waals surface area contributed by atoms with Crippen LogP contribution >= 0.6 is 0 Å². The molecule has 0 N–H and O–H groups in total.